The van der Waals surface area contributed by atoms with Gasteiger partial charge in [0, 0.05) is 0 Å². The van der Waals surface area contributed by atoms with Crippen molar-refractivity contribution in [2.75, 3.05) is 0 Å². The lowest BCUT2D eigenvalue weighted by Gasteiger charge is -2.23. The summed E-state index contributed by atoms with van der Waals surface area (Å²) in [5.41, 5.74) is 8.81. The first-order valence-electron chi connectivity index (χ1n) is 6.75. The van der Waals surface area contributed by atoms with Crippen LogP contribution in [0.3, 0.4) is 0 Å². The molecule has 2 atom stereocenters. The van der Waals surface area contributed by atoms with Gasteiger partial charge < -0.3 is 5.73 Å². The predicted octanol–water partition coefficient (Wildman–Crippen LogP) is 2.55. The van der Waals surface area contributed by atoms with Crippen LogP contribution in [0.15, 0.2) is 54.6 Å². The Balaban J connectivity index is 2.34. The summed E-state index contributed by atoms with van der Waals surface area (Å²) in [5, 5.41) is 3.29. The summed E-state index contributed by atoms with van der Waals surface area (Å²) >= 11 is 0. The second kappa shape index (κ2) is 6.35. The molecule has 3 nitrogen and oxygen atoms in total. The number of carbonyl (C=O) groups is 1. The normalized spacial score (nSPS) is 13.7. The third-order valence-electron chi connectivity index (χ3n) is 3.39. The second-order valence-corrected chi connectivity index (χ2v) is 5.05. The van der Waals surface area contributed by atoms with Crippen LogP contribution in [0.1, 0.15) is 29.7 Å². The number of primary amides is 1. The Hall–Kier alpha value is -2.13. The predicted molar refractivity (Wildman–Crippen MR) is 81.3 cm³/mol. The van der Waals surface area contributed by atoms with E-state index in [0.29, 0.717) is 0 Å². The van der Waals surface area contributed by atoms with Crippen molar-refractivity contribution in [3.63, 3.8) is 0 Å². The minimum Gasteiger partial charge on any atom is -0.368 e. The van der Waals surface area contributed by atoms with Crippen LogP contribution in [0.5, 0.6) is 0 Å². The average molecular weight is 268 g/mol. The van der Waals surface area contributed by atoms with E-state index >= 15 is 0 Å². The third-order valence-corrected chi connectivity index (χ3v) is 3.39. The number of amides is 1. The summed E-state index contributed by atoms with van der Waals surface area (Å²) in [7, 11) is 0. The zero-order valence-electron chi connectivity index (χ0n) is 11.8. The monoisotopic (exact) mass is 268 g/mol. The lowest BCUT2D eigenvalue weighted by molar-refractivity contribution is -0.119. The van der Waals surface area contributed by atoms with Gasteiger partial charge in [0.15, 0.2) is 0 Å². The molecule has 0 saturated heterocycles. The molecule has 20 heavy (non-hydrogen) atoms. The highest BCUT2D eigenvalue weighted by Gasteiger charge is 2.18. The van der Waals surface area contributed by atoms with Crippen LogP contribution >= 0.6 is 0 Å². The number of carbonyl (C=O) groups excluding carboxylic acids is 1. The Kier molecular flexibility index (Phi) is 4.53. The fourth-order valence-electron chi connectivity index (χ4n) is 2.12. The number of nitrogens with one attached hydrogen (secondary N) is 1. The Morgan fingerprint density at radius 3 is 2.10 bits per heavy atom. The molecule has 0 aliphatic heterocycles. The first-order valence-corrected chi connectivity index (χ1v) is 6.75. The Bertz CT molecular complexity index is 563. The van der Waals surface area contributed by atoms with Gasteiger partial charge in [-0.05, 0) is 25.0 Å². The molecule has 0 aliphatic rings. The zero-order chi connectivity index (χ0) is 14.5. The lowest BCUT2D eigenvalue weighted by atomic mass is 9.97. The zero-order valence-corrected chi connectivity index (χ0v) is 11.8. The smallest absolute Gasteiger partial charge is 0.234 e. The Morgan fingerprint density at radius 1 is 1.00 bits per heavy atom. The molecule has 104 valence electrons. The Morgan fingerprint density at radius 2 is 1.55 bits per heavy atom. The van der Waals surface area contributed by atoms with E-state index < -0.39 is 0 Å². The van der Waals surface area contributed by atoms with Gasteiger partial charge in [0.05, 0.1) is 12.1 Å². The van der Waals surface area contributed by atoms with Gasteiger partial charge in [0.1, 0.15) is 0 Å². The van der Waals surface area contributed by atoms with Crippen molar-refractivity contribution in [3.05, 3.63) is 71.3 Å². The van der Waals surface area contributed by atoms with Crippen LogP contribution in [0.4, 0.5) is 0 Å². The maximum atomic E-state index is 11.3. The van der Waals surface area contributed by atoms with E-state index in [-0.39, 0.29) is 18.0 Å². The van der Waals surface area contributed by atoms with Crippen LogP contribution in [0.25, 0.3) is 0 Å². The first-order chi connectivity index (χ1) is 9.58. The van der Waals surface area contributed by atoms with E-state index in [0.717, 1.165) is 11.1 Å². The van der Waals surface area contributed by atoms with Crippen molar-refractivity contribution >= 4 is 5.91 Å². The van der Waals surface area contributed by atoms with Crippen molar-refractivity contribution in [2.24, 2.45) is 5.73 Å². The van der Waals surface area contributed by atoms with Crippen molar-refractivity contribution < 1.29 is 4.79 Å². The highest BCUT2D eigenvalue weighted by molar-refractivity contribution is 5.79. The van der Waals surface area contributed by atoms with Crippen molar-refractivity contribution in [1.82, 2.24) is 5.32 Å². The van der Waals surface area contributed by atoms with Crippen molar-refractivity contribution in [2.45, 2.75) is 25.9 Å². The lowest BCUT2D eigenvalue weighted by Crippen LogP contribution is -2.41. The average Bonchev–Trinajstić information content (AvgIpc) is 2.46. The fourth-order valence-corrected chi connectivity index (χ4v) is 2.12. The van der Waals surface area contributed by atoms with Crippen LogP contribution in [0.2, 0.25) is 0 Å². The molecule has 0 aliphatic carbocycles. The van der Waals surface area contributed by atoms with Gasteiger partial charge in [-0.3, -0.25) is 10.1 Å². The third kappa shape index (κ3) is 3.45. The highest BCUT2D eigenvalue weighted by Crippen LogP contribution is 2.22. The van der Waals surface area contributed by atoms with E-state index in [1.807, 2.05) is 30.3 Å². The molecule has 0 aromatic heterocycles. The number of hydrogen-bond donors (Lipinski definition) is 2. The Labute approximate surface area is 119 Å². The molecule has 3 N–H and O–H groups in total. The summed E-state index contributed by atoms with van der Waals surface area (Å²) in [6, 6.07) is 17.9. The minimum atomic E-state index is -0.387. The summed E-state index contributed by atoms with van der Waals surface area (Å²) in [6.07, 6.45) is 0. The summed E-state index contributed by atoms with van der Waals surface area (Å²) in [4.78, 5) is 11.3. The molecule has 2 aromatic carbocycles. The summed E-state index contributed by atoms with van der Waals surface area (Å²) in [6.45, 7) is 3.84. The van der Waals surface area contributed by atoms with Gasteiger partial charge >= 0.3 is 0 Å². The van der Waals surface area contributed by atoms with Gasteiger partial charge in [0.2, 0.25) is 5.91 Å². The van der Waals surface area contributed by atoms with Crippen molar-refractivity contribution in [1.29, 1.82) is 0 Å². The molecule has 2 rings (SSSR count). The van der Waals surface area contributed by atoms with Crippen LogP contribution in [-0.4, -0.2) is 11.9 Å². The standard InChI is InChI=1S/C17H20N2O/c1-12-8-10-15(11-9-12)16(19-13(2)17(18)20)14-6-4-3-5-7-14/h3-11,13,16,19H,1-2H3,(H2,18,20)/t13-,16-/m1/s1. The largest absolute Gasteiger partial charge is 0.368 e. The SMILES string of the molecule is Cc1ccc([C@H](N[C@H](C)C(N)=O)c2ccccc2)cc1. The maximum Gasteiger partial charge on any atom is 0.234 e. The fraction of sp³-hybridized carbons (Fsp3) is 0.235. The van der Waals surface area contributed by atoms with Crippen LogP contribution < -0.4 is 11.1 Å². The van der Waals surface area contributed by atoms with Gasteiger partial charge in [-0.25, -0.2) is 0 Å². The molecule has 2 aromatic rings. The first kappa shape index (κ1) is 14.3. The van der Waals surface area contributed by atoms with Gasteiger partial charge in [-0.2, -0.15) is 0 Å². The molecule has 0 bridgehead atoms. The highest BCUT2D eigenvalue weighted by atomic mass is 16.1. The number of hydrogen-bond acceptors (Lipinski definition) is 2. The van der Waals surface area contributed by atoms with E-state index in [1.165, 1.54) is 5.56 Å². The van der Waals surface area contributed by atoms with E-state index in [9.17, 15) is 4.79 Å². The van der Waals surface area contributed by atoms with E-state index in [1.54, 1.807) is 6.92 Å². The molecule has 0 spiro atoms. The van der Waals surface area contributed by atoms with E-state index in [2.05, 4.69) is 36.5 Å². The molecule has 0 heterocycles. The molecule has 3 heteroatoms. The van der Waals surface area contributed by atoms with E-state index in [4.69, 9.17) is 5.73 Å². The summed E-state index contributed by atoms with van der Waals surface area (Å²) < 4.78 is 0. The topological polar surface area (TPSA) is 55.1 Å². The second-order valence-electron chi connectivity index (χ2n) is 5.05. The van der Waals surface area contributed by atoms with Crippen molar-refractivity contribution in [3.8, 4) is 0 Å². The molecular formula is C17H20N2O. The van der Waals surface area contributed by atoms with Gasteiger partial charge in [0.25, 0.3) is 0 Å². The number of aryl methyl sites for hydroxylation is 1. The molecule has 0 saturated carbocycles. The van der Waals surface area contributed by atoms with Gasteiger partial charge in [-0.1, -0.05) is 60.2 Å². The number of nitrogens with two attached hydrogens (primary N) is 1. The number of rotatable bonds is 5. The summed E-state index contributed by atoms with van der Waals surface area (Å²) in [5.74, 6) is -0.349. The molecule has 0 unspecified atom stereocenters. The molecule has 0 radical (unpaired) electrons. The maximum absolute atomic E-state index is 11.3. The molecule has 0 fully saturated rings. The molecular weight excluding hydrogens is 248 g/mol. The minimum absolute atomic E-state index is 0.0423. The van der Waals surface area contributed by atoms with Crippen LogP contribution in [0, 0.1) is 6.92 Å². The number of benzene rings is 2. The van der Waals surface area contributed by atoms with Gasteiger partial charge in [-0.15, -0.1) is 0 Å². The van der Waals surface area contributed by atoms with Crippen LogP contribution in [-0.2, 0) is 4.79 Å². The quantitative estimate of drug-likeness (QED) is 0.875. The molecule has 1 amide bonds.